The van der Waals surface area contributed by atoms with E-state index in [9.17, 15) is 14.7 Å². The summed E-state index contributed by atoms with van der Waals surface area (Å²) in [6, 6.07) is 14.9. The van der Waals surface area contributed by atoms with E-state index >= 15 is 0 Å². The topological polar surface area (TPSA) is 90.6 Å². The predicted molar refractivity (Wildman–Crippen MR) is 109 cm³/mol. The number of Topliss-reactive ketones (excluding diaryl/α,β-unsaturated/α-hetero) is 1. The molecule has 0 saturated carbocycles. The maximum Gasteiger partial charge on any atom is 0.294 e. The first-order valence-corrected chi connectivity index (χ1v) is 9.44. The van der Waals surface area contributed by atoms with Crippen LogP contribution in [0.15, 0.2) is 59.9 Å². The molecule has 2 aromatic rings. The Bertz CT molecular complexity index is 1020. The molecular formula is C23H22N2O4. The Morgan fingerprint density at radius 3 is 2.52 bits per heavy atom. The molecule has 1 N–H and O–H groups in total. The highest BCUT2D eigenvalue weighted by Crippen LogP contribution is 2.42. The van der Waals surface area contributed by atoms with Crippen molar-refractivity contribution in [1.29, 1.82) is 5.26 Å². The van der Waals surface area contributed by atoms with Crippen molar-refractivity contribution >= 4 is 17.4 Å². The second-order valence-electron chi connectivity index (χ2n) is 7.01. The second kappa shape index (κ2) is 8.19. The summed E-state index contributed by atoms with van der Waals surface area (Å²) in [5, 5.41) is 19.6. The molecule has 1 atom stereocenters. The molecule has 0 spiro atoms. The van der Waals surface area contributed by atoms with E-state index in [2.05, 4.69) is 0 Å². The minimum absolute atomic E-state index is 0.0363. The van der Waals surface area contributed by atoms with Gasteiger partial charge in [0, 0.05) is 12.1 Å². The smallest absolute Gasteiger partial charge is 0.294 e. The van der Waals surface area contributed by atoms with Gasteiger partial charge in [0.1, 0.15) is 5.75 Å². The summed E-state index contributed by atoms with van der Waals surface area (Å²) in [6.45, 7) is 5.51. The van der Waals surface area contributed by atoms with Gasteiger partial charge in [0.15, 0.2) is 11.5 Å². The second-order valence-corrected chi connectivity index (χ2v) is 7.01. The number of ether oxygens (including phenoxy) is 1. The normalized spacial score (nSPS) is 16.3. The molecule has 1 amide bonds. The summed E-state index contributed by atoms with van der Waals surface area (Å²) in [5.74, 6) is -0.875. The maximum absolute atomic E-state index is 12.9. The summed E-state index contributed by atoms with van der Waals surface area (Å²) in [7, 11) is 0. The van der Waals surface area contributed by atoms with Gasteiger partial charge in [0.2, 0.25) is 0 Å². The number of hydrogen-bond donors (Lipinski definition) is 1. The first-order valence-electron chi connectivity index (χ1n) is 9.44. The van der Waals surface area contributed by atoms with Gasteiger partial charge in [-0.15, -0.1) is 0 Å². The molecule has 148 valence electrons. The zero-order chi connectivity index (χ0) is 21.1. The number of amides is 1. The molecule has 6 heteroatoms. The summed E-state index contributed by atoms with van der Waals surface area (Å²) >= 11 is 0. The van der Waals surface area contributed by atoms with Gasteiger partial charge in [0.05, 0.1) is 29.4 Å². The molecule has 0 fully saturated rings. The Kier molecular flexibility index (Phi) is 5.69. The molecule has 0 radical (unpaired) electrons. The average molecular weight is 390 g/mol. The van der Waals surface area contributed by atoms with Gasteiger partial charge >= 0.3 is 0 Å². The summed E-state index contributed by atoms with van der Waals surface area (Å²) in [5.41, 5.74) is 1.66. The third-order valence-electron chi connectivity index (χ3n) is 4.65. The molecule has 0 saturated heterocycles. The van der Waals surface area contributed by atoms with Crippen molar-refractivity contribution in [3.05, 3.63) is 71.0 Å². The van der Waals surface area contributed by atoms with E-state index in [-0.39, 0.29) is 23.9 Å². The van der Waals surface area contributed by atoms with Crippen molar-refractivity contribution < 1.29 is 19.4 Å². The Hall–Kier alpha value is -3.59. The standard InChI is InChI=1S/C23H22N2O4/c1-4-19(26)20-21(16-6-5-7-18(12-16)29-14(2)3)25(23(28)22(20)27)17-10-8-15(13-24)9-11-17/h5-12,14,21,27H,4H2,1-3H3. The number of nitriles is 1. The molecule has 0 aromatic heterocycles. The fourth-order valence-electron chi connectivity index (χ4n) is 3.39. The Balaban J connectivity index is 2.14. The number of rotatable bonds is 6. The molecule has 1 unspecified atom stereocenters. The lowest BCUT2D eigenvalue weighted by Gasteiger charge is -2.27. The number of carbonyl (C=O) groups is 2. The third kappa shape index (κ3) is 3.85. The molecule has 1 aliphatic heterocycles. The zero-order valence-electron chi connectivity index (χ0n) is 16.5. The molecule has 1 aliphatic rings. The van der Waals surface area contributed by atoms with E-state index in [1.807, 2.05) is 19.9 Å². The van der Waals surface area contributed by atoms with Crippen LogP contribution >= 0.6 is 0 Å². The van der Waals surface area contributed by atoms with Crippen LogP contribution in [0.4, 0.5) is 5.69 Å². The van der Waals surface area contributed by atoms with Crippen molar-refractivity contribution in [2.75, 3.05) is 4.90 Å². The summed E-state index contributed by atoms with van der Waals surface area (Å²) in [4.78, 5) is 26.9. The fraction of sp³-hybridized carbons (Fsp3) is 0.261. The van der Waals surface area contributed by atoms with Crippen LogP contribution in [0.25, 0.3) is 0 Å². The van der Waals surface area contributed by atoms with Gasteiger partial charge in [-0.1, -0.05) is 19.1 Å². The highest BCUT2D eigenvalue weighted by molar-refractivity contribution is 6.16. The summed E-state index contributed by atoms with van der Waals surface area (Å²) in [6.07, 6.45) is 0.123. The number of carbonyl (C=O) groups excluding carboxylic acids is 2. The number of aliphatic hydroxyl groups is 1. The molecule has 2 aromatic carbocycles. The molecule has 3 rings (SSSR count). The Morgan fingerprint density at radius 2 is 1.93 bits per heavy atom. The average Bonchev–Trinajstić information content (AvgIpc) is 2.98. The lowest BCUT2D eigenvalue weighted by Crippen LogP contribution is -2.31. The number of nitrogens with zero attached hydrogens (tertiary/aromatic N) is 2. The fourth-order valence-corrected chi connectivity index (χ4v) is 3.39. The van der Waals surface area contributed by atoms with E-state index in [1.54, 1.807) is 55.5 Å². The predicted octanol–water partition coefficient (Wildman–Crippen LogP) is 4.22. The van der Waals surface area contributed by atoms with E-state index in [1.165, 1.54) is 4.90 Å². The quantitative estimate of drug-likeness (QED) is 0.797. The van der Waals surface area contributed by atoms with Crippen LogP contribution in [0.1, 0.15) is 44.4 Å². The van der Waals surface area contributed by atoms with Crippen LogP contribution in [0.3, 0.4) is 0 Å². The van der Waals surface area contributed by atoms with Crippen LogP contribution in [0.5, 0.6) is 5.75 Å². The Morgan fingerprint density at radius 1 is 1.24 bits per heavy atom. The first kappa shape index (κ1) is 20.2. The maximum atomic E-state index is 12.9. The van der Waals surface area contributed by atoms with Crippen molar-refractivity contribution in [2.24, 2.45) is 0 Å². The van der Waals surface area contributed by atoms with Gasteiger partial charge in [-0.2, -0.15) is 5.26 Å². The van der Waals surface area contributed by atoms with Gasteiger partial charge in [-0.25, -0.2) is 0 Å². The molecule has 0 aliphatic carbocycles. The van der Waals surface area contributed by atoms with Crippen LogP contribution in [0.2, 0.25) is 0 Å². The number of ketones is 1. The third-order valence-corrected chi connectivity index (χ3v) is 4.65. The van der Waals surface area contributed by atoms with Crippen molar-refractivity contribution in [1.82, 2.24) is 0 Å². The minimum atomic E-state index is -0.779. The lowest BCUT2D eigenvalue weighted by atomic mass is 9.94. The van der Waals surface area contributed by atoms with Gasteiger partial charge in [0.25, 0.3) is 5.91 Å². The van der Waals surface area contributed by atoms with E-state index in [0.717, 1.165) is 0 Å². The minimum Gasteiger partial charge on any atom is -0.503 e. The van der Waals surface area contributed by atoms with Crippen LogP contribution in [-0.4, -0.2) is 22.9 Å². The first-order chi connectivity index (χ1) is 13.9. The van der Waals surface area contributed by atoms with Gasteiger partial charge in [-0.3, -0.25) is 14.5 Å². The van der Waals surface area contributed by atoms with Gasteiger partial charge < -0.3 is 9.84 Å². The molecule has 6 nitrogen and oxygen atoms in total. The van der Waals surface area contributed by atoms with E-state index in [0.29, 0.717) is 22.6 Å². The van der Waals surface area contributed by atoms with Crippen molar-refractivity contribution in [2.45, 2.75) is 39.3 Å². The number of anilines is 1. The molecule has 1 heterocycles. The zero-order valence-corrected chi connectivity index (χ0v) is 16.5. The van der Waals surface area contributed by atoms with Crippen molar-refractivity contribution in [3.8, 4) is 11.8 Å². The molecule has 0 bridgehead atoms. The highest BCUT2D eigenvalue weighted by Gasteiger charge is 2.43. The van der Waals surface area contributed by atoms with Crippen LogP contribution in [-0.2, 0) is 9.59 Å². The monoisotopic (exact) mass is 390 g/mol. The Labute approximate surface area is 169 Å². The number of aliphatic hydroxyl groups excluding tert-OH is 1. The molecular weight excluding hydrogens is 368 g/mol. The largest absolute Gasteiger partial charge is 0.503 e. The lowest BCUT2D eigenvalue weighted by molar-refractivity contribution is -0.118. The van der Waals surface area contributed by atoms with E-state index < -0.39 is 17.7 Å². The SMILES string of the molecule is CCC(=O)C1=C(O)C(=O)N(c2ccc(C#N)cc2)C1c1cccc(OC(C)C)c1. The summed E-state index contributed by atoms with van der Waals surface area (Å²) < 4.78 is 5.76. The number of hydrogen-bond acceptors (Lipinski definition) is 5. The van der Waals surface area contributed by atoms with E-state index in [4.69, 9.17) is 10.00 Å². The van der Waals surface area contributed by atoms with Crippen molar-refractivity contribution in [3.63, 3.8) is 0 Å². The number of benzene rings is 2. The van der Waals surface area contributed by atoms with Gasteiger partial charge in [-0.05, 0) is 55.8 Å². The highest BCUT2D eigenvalue weighted by atomic mass is 16.5. The molecule has 29 heavy (non-hydrogen) atoms. The van der Waals surface area contributed by atoms with Crippen LogP contribution < -0.4 is 9.64 Å². The van der Waals surface area contributed by atoms with Crippen LogP contribution in [0, 0.1) is 11.3 Å².